The maximum atomic E-state index is 11.4. The molecule has 0 radical (unpaired) electrons. The van der Waals surface area contributed by atoms with E-state index < -0.39 is 0 Å². The molecule has 0 atom stereocenters. The smallest absolute Gasteiger partial charge is 0.286 e. The average Bonchev–Trinajstić information content (AvgIpc) is 2.76. The van der Waals surface area contributed by atoms with Crippen molar-refractivity contribution in [2.75, 3.05) is 12.4 Å². The van der Waals surface area contributed by atoms with Gasteiger partial charge in [-0.1, -0.05) is 12.8 Å². The number of nitrogens with one attached hydrogen (secondary N) is 1. The molecule has 1 amide bonds. The van der Waals surface area contributed by atoms with Crippen molar-refractivity contribution in [2.24, 2.45) is 0 Å². The number of hydrogen-bond donors (Lipinski definition) is 1. The number of carbonyl (C=O) groups excluding carboxylic acids is 1. The molecule has 1 aromatic rings. The van der Waals surface area contributed by atoms with Gasteiger partial charge in [0.1, 0.15) is 0 Å². The molecule has 4 heteroatoms. The summed E-state index contributed by atoms with van der Waals surface area (Å²) in [5.74, 6) is 0.951. The monoisotopic (exact) mass is 229 g/mol. The van der Waals surface area contributed by atoms with Crippen molar-refractivity contribution in [3.05, 3.63) is 24.2 Å². The minimum absolute atomic E-state index is 0.141. The Bertz CT molecular complexity index is 272. The molecule has 0 saturated heterocycles. The van der Waals surface area contributed by atoms with Crippen LogP contribution in [0.5, 0.6) is 0 Å². The molecule has 1 rings (SSSR count). The first-order chi connectivity index (χ1) is 7.34. The molecule has 1 heterocycles. The van der Waals surface area contributed by atoms with Crippen LogP contribution < -0.4 is 5.32 Å². The average molecular weight is 230 g/mol. The van der Waals surface area contributed by atoms with E-state index in [0.717, 1.165) is 31.6 Å². The van der Waals surface area contributed by atoms with Crippen LogP contribution in [0.4, 0.5) is 0 Å². The van der Waals surface area contributed by atoms with Crippen LogP contribution in [0, 0.1) is 0 Å². The summed E-state index contributed by atoms with van der Waals surface area (Å²) in [4.78, 5) is 11.4. The number of unbranched alkanes of at least 4 members (excludes halogenated alkanes) is 3. The molecule has 3 nitrogen and oxygen atoms in total. The van der Waals surface area contributed by atoms with Crippen LogP contribution in [0.15, 0.2) is 22.8 Å². The molecular formula is C11H16ClNO2. The first kappa shape index (κ1) is 12.1. The van der Waals surface area contributed by atoms with E-state index in [4.69, 9.17) is 16.0 Å². The van der Waals surface area contributed by atoms with E-state index >= 15 is 0 Å². The topological polar surface area (TPSA) is 42.2 Å². The van der Waals surface area contributed by atoms with Crippen LogP contribution in [0.2, 0.25) is 0 Å². The van der Waals surface area contributed by atoms with Gasteiger partial charge < -0.3 is 9.73 Å². The van der Waals surface area contributed by atoms with E-state index in [2.05, 4.69) is 5.32 Å². The van der Waals surface area contributed by atoms with E-state index in [9.17, 15) is 4.79 Å². The number of hydrogen-bond acceptors (Lipinski definition) is 2. The van der Waals surface area contributed by atoms with E-state index in [0.29, 0.717) is 12.3 Å². The maximum absolute atomic E-state index is 11.4. The van der Waals surface area contributed by atoms with Crippen molar-refractivity contribution < 1.29 is 9.21 Å². The van der Waals surface area contributed by atoms with E-state index in [-0.39, 0.29) is 5.91 Å². The summed E-state index contributed by atoms with van der Waals surface area (Å²) in [5, 5.41) is 2.80. The summed E-state index contributed by atoms with van der Waals surface area (Å²) in [6.45, 7) is 0.696. The highest BCUT2D eigenvalue weighted by molar-refractivity contribution is 6.17. The zero-order valence-electron chi connectivity index (χ0n) is 8.67. The van der Waals surface area contributed by atoms with Crippen LogP contribution in [-0.4, -0.2) is 18.3 Å². The number of halogens is 1. The summed E-state index contributed by atoms with van der Waals surface area (Å²) in [7, 11) is 0. The van der Waals surface area contributed by atoms with Gasteiger partial charge in [-0.25, -0.2) is 0 Å². The van der Waals surface area contributed by atoms with E-state index in [1.165, 1.54) is 6.26 Å². The fourth-order valence-corrected chi connectivity index (χ4v) is 1.46. The molecule has 0 saturated carbocycles. The minimum atomic E-state index is -0.141. The first-order valence-corrected chi connectivity index (χ1v) is 5.75. The Kier molecular flexibility index (Phi) is 5.93. The summed E-state index contributed by atoms with van der Waals surface area (Å²) >= 11 is 5.55. The predicted molar refractivity (Wildman–Crippen MR) is 60.2 cm³/mol. The molecule has 0 aliphatic heterocycles. The fourth-order valence-electron chi connectivity index (χ4n) is 1.27. The van der Waals surface area contributed by atoms with E-state index in [1.54, 1.807) is 12.1 Å². The van der Waals surface area contributed by atoms with Crippen LogP contribution in [0.3, 0.4) is 0 Å². The second kappa shape index (κ2) is 7.35. The second-order valence-electron chi connectivity index (χ2n) is 3.34. The zero-order valence-corrected chi connectivity index (χ0v) is 9.43. The quantitative estimate of drug-likeness (QED) is 0.577. The lowest BCUT2D eigenvalue weighted by atomic mass is 10.2. The normalized spacial score (nSPS) is 10.2. The summed E-state index contributed by atoms with van der Waals surface area (Å²) < 4.78 is 4.96. The molecule has 84 valence electrons. The van der Waals surface area contributed by atoms with Gasteiger partial charge >= 0.3 is 0 Å². The van der Waals surface area contributed by atoms with Crippen molar-refractivity contribution in [1.82, 2.24) is 5.32 Å². The van der Waals surface area contributed by atoms with Gasteiger partial charge in [0, 0.05) is 12.4 Å². The highest BCUT2D eigenvalue weighted by Crippen LogP contribution is 2.01. The van der Waals surface area contributed by atoms with Gasteiger partial charge in [-0.2, -0.15) is 0 Å². The lowest BCUT2D eigenvalue weighted by Gasteiger charge is -2.02. The van der Waals surface area contributed by atoms with Gasteiger partial charge in [0.25, 0.3) is 5.91 Å². The summed E-state index contributed by atoms with van der Waals surface area (Å²) in [6.07, 6.45) is 5.76. The van der Waals surface area contributed by atoms with Gasteiger partial charge in [0.2, 0.25) is 0 Å². The largest absolute Gasteiger partial charge is 0.459 e. The Morgan fingerprint density at radius 2 is 2.13 bits per heavy atom. The number of amides is 1. The Morgan fingerprint density at radius 1 is 1.33 bits per heavy atom. The van der Waals surface area contributed by atoms with Crippen molar-refractivity contribution in [3.8, 4) is 0 Å². The van der Waals surface area contributed by atoms with Crippen molar-refractivity contribution in [1.29, 1.82) is 0 Å². The van der Waals surface area contributed by atoms with Crippen molar-refractivity contribution in [2.45, 2.75) is 25.7 Å². The molecule has 0 aliphatic rings. The van der Waals surface area contributed by atoms with Gasteiger partial charge in [0.05, 0.1) is 6.26 Å². The Hall–Kier alpha value is -0.960. The standard InChI is InChI=1S/C11H16ClNO2/c12-7-3-1-2-4-8-13-11(14)10-6-5-9-15-10/h5-6,9H,1-4,7-8H2,(H,13,14). The maximum Gasteiger partial charge on any atom is 0.286 e. The van der Waals surface area contributed by atoms with Gasteiger partial charge in [0.15, 0.2) is 5.76 Å². The third-order valence-corrected chi connectivity index (χ3v) is 2.36. The zero-order chi connectivity index (χ0) is 10.9. The third kappa shape index (κ3) is 4.88. The molecule has 0 bridgehead atoms. The van der Waals surface area contributed by atoms with Gasteiger partial charge in [-0.15, -0.1) is 11.6 Å². The van der Waals surface area contributed by atoms with Gasteiger partial charge in [-0.3, -0.25) is 4.79 Å². The minimum Gasteiger partial charge on any atom is -0.459 e. The molecule has 0 aliphatic carbocycles. The lowest BCUT2D eigenvalue weighted by molar-refractivity contribution is 0.0925. The van der Waals surface area contributed by atoms with Crippen LogP contribution in [-0.2, 0) is 0 Å². The van der Waals surface area contributed by atoms with Crippen molar-refractivity contribution >= 4 is 17.5 Å². The SMILES string of the molecule is O=C(NCCCCCCCl)c1ccco1. The first-order valence-electron chi connectivity index (χ1n) is 5.22. The molecule has 15 heavy (non-hydrogen) atoms. The van der Waals surface area contributed by atoms with Crippen LogP contribution >= 0.6 is 11.6 Å². The third-order valence-electron chi connectivity index (χ3n) is 2.09. The molecule has 0 aromatic carbocycles. The van der Waals surface area contributed by atoms with Gasteiger partial charge in [-0.05, 0) is 25.0 Å². The highest BCUT2D eigenvalue weighted by atomic mass is 35.5. The second-order valence-corrected chi connectivity index (χ2v) is 3.71. The Balaban J connectivity index is 2.03. The van der Waals surface area contributed by atoms with Crippen molar-refractivity contribution in [3.63, 3.8) is 0 Å². The number of rotatable bonds is 7. The summed E-state index contributed by atoms with van der Waals surface area (Å²) in [6, 6.07) is 3.36. The number of furan rings is 1. The summed E-state index contributed by atoms with van der Waals surface area (Å²) in [5.41, 5.74) is 0. The Morgan fingerprint density at radius 3 is 2.80 bits per heavy atom. The lowest BCUT2D eigenvalue weighted by Crippen LogP contribution is -2.23. The molecule has 1 aromatic heterocycles. The van der Waals surface area contributed by atoms with Crippen LogP contribution in [0.1, 0.15) is 36.2 Å². The molecule has 0 unspecified atom stereocenters. The number of carbonyl (C=O) groups is 1. The highest BCUT2D eigenvalue weighted by Gasteiger charge is 2.06. The van der Waals surface area contributed by atoms with E-state index in [1.807, 2.05) is 0 Å². The predicted octanol–water partition coefficient (Wildman–Crippen LogP) is 2.81. The molecular weight excluding hydrogens is 214 g/mol. The Labute approximate surface area is 94.8 Å². The molecule has 0 spiro atoms. The fraction of sp³-hybridized carbons (Fsp3) is 0.545. The molecule has 0 fully saturated rings. The molecule has 1 N–H and O–H groups in total. The van der Waals surface area contributed by atoms with Crippen LogP contribution in [0.25, 0.3) is 0 Å². The number of alkyl halides is 1.